The predicted molar refractivity (Wildman–Crippen MR) is 76.6 cm³/mol. The van der Waals surface area contributed by atoms with Crippen LogP contribution in [-0.4, -0.2) is 22.8 Å². The van der Waals surface area contributed by atoms with E-state index < -0.39 is 5.97 Å². The summed E-state index contributed by atoms with van der Waals surface area (Å²) in [4.78, 5) is 10.9. The number of carboxylic acids is 1. The van der Waals surface area contributed by atoms with Crippen LogP contribution in [0.5, 0.6) is 5.75 Å². The Morgan fingerprint density at radius 1 is 1.38 bits per heavy atom. The van der Waals surface area contributed by atoms with Crippen molar-refractivity contribution >= 4 is 5.97 Å². The lowest BCUT2D eigenvalue weighted by molar-refractivity contribution is 0.0686. The van der Waals surface area contributed by atoms with E-state index in [9.17, 15) is 4.79 Å². The number of carbonyl (C=O) groups is 1. The van der Waals surface area contributed by atoms with E-state index in [1.165, 1.54) is 18.9 Å². The predicted octanol–water partition coefficient (Wildman–Crippen LogP) is 3.45. The average molecular weight is 287 g/mol. The number of hydrogen-bond acceptors (Lipinski definition) is 4. The van der Waals surface area contributed by atoms with Crippen molar-refractivity contribution < 1.29 is 19.2 Å². The molecule has 1 aromatic carbocycles. The highest BCUT2D eigenvalue weighted by molar-refractivity contribution is 5.87. The van der Waals surface area contributed by atoms with Gasteiger partial charge >= 0.3 is 5.97 Å². The highest BCUT2D eigenvalue weighted by Gasteiger charge is 2.24. The van der Waals surface area contributed by atoms with Gasteiger partial charge in [-0.1, -0.05) is 11.2 Å². The molecule has 3 rings (SSSR count). The number of benzene rings is 1. The number of rotatable bonds is 5. The summed E-state index contributed by atoms with van der Waals surface area (Å²) in [5, 5.41) is 12.5. The highest BCUT2D eigenvalue weighted by atomic mass is 16.5. The van der Waals surface area contributed by atoms with Gasteiger partial charge < -0.3 is 14.4 Å². The van der Waals surface area contributed by atoms with Crippen molar-refractivity contribution in [3.63, 3.8) is 0 Å². The summed E-state index contributed by atoms with van der Waals surface area (Å²) in [6, 6.07) is 5.40. The third kappa shape index (κ3) is 2.91. The molecule has 0 saturated heterocycles. The third-order valence-electron chi connectivity index (χ3n) is 3.57. The van der Waals surface area contributed by atoms with Crippen LogP contribution in [0.4, 0.5) is 0 Å². The van der Waals surface area contributed by atoms with Gasteiger partial charge in [0.15, 0.2) is 11.5 Å². The first-order valence-electron chi connectivity index (χ1n) is 6.99. The van der Waals surface area contributed by atoms with Gasteiger partial charge in [0.2, 0.25) is 0 Å². The lowest BCUT2D eigenvalue weighted by Gasteiger charge is -2.13. The van der Waals surface area contributed by atoms with Crippen molar-refractivity contribution in [2.75, 3.05) is 6.61 Å². The van der Waals surface area contributed by atoms with Crippen LogP contribution in [0.2, 0.25) is 0 Å². The Labute approximate surface area is 122 Å². The summed E-state index contributed by atoms with van der Waals surface area (Å²) >= 11 is 0. The van der Waals surface area contributed by atoms with Gasteiger partial charge in [0.05, 0.1) is 12.2 Å². The molecular formula is C16H17NO4. The topological polar surface area (TPSA) is 72.6 Å². The molecule has 0 aliphatic heterocycles. The Bertz CT molecular complexity index is 686. The molecule has 1 aliphatic rings. The van der Waals surface area contributed by atoms with E-state index in [1.54, 1.807) is 0 Å². The first kappa shape index (κ1) is 13.7. The minimum atomic E-state index is -1.10. The Morgan fingerprint density at radius 2 is 2.14 bits per heavy atom. The SMILES string of the molecule is Cc1cc(C)c(OCC2CC2)c(-c2cc(C(=O)O)no2)c1. The van der Waals surface area contributed by atoms with Gasteiger partial charge in [-0.2, -0.15) is 0 Å². The Balaban J connectivity index is 1.99. The van der Waals surface area contributed by atoms with Crippen molar-refractivity contribution in [1.82, 2.24) is 5.16 Å². The molecule has 0 amide bonds. The maximum Gasteiger partial charge on any atom is 0.358 e. The van der Waals surface area contributed by atoms with Crippen LogP contribution in [0, 0.1) is 19.8 Å². The molecular weight excluding hydrogens is 270 g/mol. The van der Waals surface area contributed by atoms with Gasteiger partial charge in [-0.25, -0.2) is 4.79 Å². The average Bonchev–Trinajstić information content (AvgIpc) is 3.11. The molecule has 1 fully saturated rings. The molecule has 1 N–H and O–H groups in total. The lowest BCUT2D eigenvalue weighted by Crippen LogP contribution is -2.02. The summed E-state index contributed by atoms with van der Waals surface area (Å²) in [6.07, 6.45) is 2.43. The van der Waals surface area contributed by atoms with Gasteiger partial charge in [0.1, 0.15) is 5.75 Å². The van der Waals surface area contributed by atoms with E-state index in [0.29, 0.717) is 18.3 Å². The van der Waals surface area contributed by atoms with Gasteiger partial charge in [-0.3, -0.25) is 0 Å². The second-order valence-electron chi connectivity index (χ2n) is 5.59. The molecule has 0 unspecified atom stereocenters. The molecule has 5 heteroatoms. The van der Waals surface area contributed by atoms with Gasteiger partial charge in [0, 0.05) is 6.07 Å². The lowest BCUT2D eigenvalue weighted by atomic mass is 10.0. The Morgan fingerprint density at radius 3 is 2.76 bits per heavy atom. The maximum absolute atomic E-state index is 10.9. The first-order valence-corrected chi connectivity index (χ1v) is 6.99. The highest BCUT2D eigenvalue weighted by Crippen LogP contribution is 2.37. The van der Waals surface area contributed by atoms with E-state index >= 15 is 0 Å². The number of ether oxygens (including phenoxy) is 1. The smallest absolute Gasteiger partial charge is 0.358 e. The fourth-order valence-electron chi connectivity index (χ4n) is 2.32. The van der Waals surface area contributed by atoms with E-state index in [-0.39, 0.29) is 5.69 Å². The summed E-state index contributed by atoms with van der Waals surface area (Å²) in [7, 11) is 0. The van der Waals surface area contributed by atoms with Crippen molar-refractivity contribution in [3.8, 4) is 17.1 Å². The number of hydrogen-bond donors (Lipinski definition) is 1. The quantitative estimate of drug-likeness (QED) is 0.911. The zero-order valence-electron chi connectivity index (χ0n) is 12.0. The largest absolute Gasteiger partial charge is 0.492 e. The van der Waals surface area contributed by atoms with Crippen LogP contribution in [0.15, 0.2) is 22.7 Å². The second-order valence-corrected chi connectivity index (χ2v) is 5.59. The molecule has 21 heavy (non-hydrogen) atoms. The van der Waals surface area contributed by atoms with Gasteiger partial charge in [-0.05, 0) is 49.8 Å². The number of aryl methyl sites for hydroxylation is 2. The zero-order valence-corrected chi connectivity index (χ0v) is 12.0. The zero-order chi connectivity index (χ0) is 15.0. The van der Waals surface area contributed by atoms with Gasteiger partial charge in [0.25, 0.3) is 0 Å². The molecule has 2 aromatic rings. The molecule has 110 valence electrons. The minimum absolute atomic E-state index is 0.0997. The van der Waals surface area contributed by atoms with Crippen molar-refractivity contribution in [1.29, 1.82) is 0 Å². The summed E-state index contributed by atoms with van der Waals surface area (Å²) in [5.74, 6) is 0.711. The number of aromatic nitrogens is 1. The van der Waals surface area contributed by atoms with Crippen molar-refractivity contribution in [3.05, 3.63) is 35.0 Å². The maximum atomic E-state index is 10.9. The van der Waals surface area contributed by atoms with E-state index in [1.807, 2.05) is 26.0 Å². The van der Waals surface area contributed by atoms with Crippen LogP contribution >= 0.6 is 0 Å². The van der Waals surface area contributed by atoms with Crippen molar-refractivity contribution in [2.24, 2.45) is 5.92 Å². The first-order chi connectivity index (χ1) is 10.0. The summed E-state index contributed by atoms with van der Waals surface area (Å²) in [6.45, 7) is 4.65. The Hall–Kier alpha value is -2.30. The van der Waals surface area contributed by atoms with Crippen LogP contribution in [-0.2, 0) is 0 Å². The molecule has 1 saturated carbocycles. The fraction of sp³-hybridized carbons (Fsp3) is 0.375. The molecule has 0 radical (unpaired) electrons. The standard InChI is InChI=1S/C16H17NO4/c1-9-5-10(2)15(20-8-11-3-4-11)12(6-9)14-7-13(16(18)19)17-21-14/h5-7,11H,3-4,8H2,1-2H3,(H,18,19). The number of carboxylic acid groups (broad SMARTS) is 1. The van der Waals surface area contributed by atoms with E-state index in [0.717, 1.165) is 22.4 Å². The molecule has 0 spiro atoms. The fourth-order valence-corrected chi connectivity index (χ4v) is 2.32. The molecule has 5 nitrogen and oxygen atoms in total. The molecule has 1 heterocycles. The molecule has 1 aliphatic carbocycles. The number of nitrogens with zero attached hydrogens (tertiary/aromatic N) is 1. The Kier molecular flexibility index (Phi) is 3.41. The van der Waals surface area contributed by atoms with E-state index in [4.69, 9.17) is 14.4 Å². The minimum Gasteiger partial charge on any atom is -0.492 e. The van der Waals surface area contributed by atoms with Crippen LogP contribution in [0.3, 0.4) is 0 Å². The van der Waals surface area contributed by atoms with Crippen molar-refractivity contribution in [2.45, 2.75) is 26.7 Å². The van der Waals surface area contributed by atoms with Crippen LogP contribution in [0.25, 0.3) is 11.3 Å². The third-order valence-corrected chi connectivity index (χ3v) is 3.57. The molecule has 1 aromatic heterocycles. The monoisotopic (exact) mass is 287 g/mol. The number of aromatic carboxylic acids is 1. The van der Waals surface area contributed by atoms with Crippen LogP contribution < -0.4 is 4.74 Å². The molecule has 0 bridgehead atoms. The normalized spacial score (nSPS) is 14.2. The van der Waals surface area contributed by atoms with E-state index in [2.05, 4.69) is 5.16 Å². The molecule has 0 atom stereocenters. The summed E-state index contributed by atoms with van der Waals surface area (Å²) in [5.41, 5.74) is 2.74. The van der Waals surface area contributed by atoms with Gasteiger partial charge in [-0.15, -0.1) is 0 Å². The summed E-state index contributed by atoms with van der Waals surface area (Å²) < 4.78 is 11.1. The van der Waals surface area contributed by atoms with Crippen LogP contribution in [0.1, 0.15) is 34.5 Å². The second kappa shape index (κ2) is 5.24.